The van der Waals surface area contributed by atoms with Gasteiger partial charge in [-0.15, -0.1) is 0 Å². The van der Waals surface area contributed by atoms with Crippen molar-refractivity contribution in [2.24, 2.45) is 5.92 Å². The van der Waals surface area contributed by atoms with Gasteiger partial charge in [-0.2, -0.15) is 0 Å². The molecule has 0 radical (unpaired) electrons. The van der Waals surface area contributed by atoms with Gasteiger partial charge >= 0.3 is 0 Å². The van der Waals surface area contributed by atoms with Crippen molar-refractivity contribution in [3.8, 4) is 0 Å². The van der Waals surface area contributed by atoms with Gasteiger partial charge in [-0.3, -0.25) is 14.5 Å². The Morgan fingerprint density at radius 3 is 2.02 bits per heavy atom. The standard InChI is InChI=1S/C37H42N4O5/c42-25-27-18-20-40(33(27)35(46)39-23-26-11-10-19-38-22-26)36-34(45)31(43)24-41(36)32(44)21-37(28-12-4-1-5-13-28,29-14-6-2-7-15-29)30-16-8-3-9-17-30/h1-9,12-17,26,31,33-34,36,38,43,45H,10-11,18-24H2,(H,39,46)/t26-,31-,33+,34-,36-/m0/s1. The summed E-state index contributed by atoms with van der Waals surface area (Å²) in [6, 6.07) is 28.7. The predicted octanol–water partition coefficient (Wildman–Crippen LogP) is 2.25. The summed E-state index contributed by atoms with van der Waals surface area (Å²) in [6.07, 6.45) is -1.20. The second kappa shape index (κ2) is 14.1. The van der Waals surface area contributed by atoms with E-state index < -0.39 is 29.8 Å². The molecule has 6 rings (SSSR count). The highest BCUT2D eigenvalue weighted by Gasteiger charge is 2.52. The fourth-order valence-corrected chi connectivity index (χ4v) is 7.58. The van der Waals surface area contributed by atoms with Gasteiger partial charge in [-0.05, 0) is 55.0 Å². The van der Waals surface area contributed by atoms with Crippen molar-refractivity contribution in [1.29, 1.82) is 0 Å². The van der Waals surface area contributed by atoms with Gasteiger partial charge in [0.25, 0.3) is 0 Å². The van der Waals surface area contributed by atoms with Gasteiger partial charge in [0.15, 0.2) is 0 Å². The lowest BCUT2D eigenvalue weighted by molar-refractivity contribution is -0.141. The number of carbonyl (C=O) groups is 2. The van der Waals surface area contributed by atoms with E-state index in [1.54, 1.807) is 4.90 Å². The number of likely N-dealkylation sites (tertiary alicyclic amines) is 2. The van der Waals surface area contributed by atoms with Crippen LogP contribution in [0.3, 0.4) is 0 Å². The van der Waals surface area contributed by atoms with Crippen LogP contribution in [0.5, 0.6) is 0 Å². The molecule has 0 spiro atoms. The number of hydrogen-bond acceptors (Lipinski definition) is 7. The molecule has 5 atom stereocenters. The maximum Gasteiger partial charge on any atom is 0.242 e. The third-order valence-corrected chi connectivity index (χ3v) is 9.92. The van der Waals surface area contributed by atoms with Crippen molar-refractivity contribution in [3.05, 3.63) is 113 Å². The molecule has 9 heteroatoms. The van der Waals surface area contributed by atoms with Crippen LogP contribution in [0.2, 0.25) is 0 Å². The number of nitrogens with zero attached hydrogens (tertiary/aromatic N) is 2. The second-order valence-corrected chi connectivity index (χ2v) is 12.7. The molecule has 0 aliphatic carbocycles. The molecular formula is C37H42N4O5. The Kier molecular flexibility index (Phi) is 9.78. The van der Waals surface area contributed by atoms with E-state index in [0.29, 0.717) is 6.54 Å². The zero-order valence-corrected chi connectivity index (χ0v) is 25.9. The smallest absolute Gasteiger partial charge is 0.242 e. The number of benzene rings is 3. The molecule has 3 aliphatic heterocycles. The fraction of sp³-hybridized carbons (Fsp3) is 0.405. The first kappa shape index (κ1) is 31.9. The maximum atomic E-state index is 14.7. The van der Waals surface area contributed by atoms with Crippen LogP contribution in [-0.4, -0.2) is 94.9 Å². The van der Waals surface area contributed by atoms with Gasteiger partial charge < -0.3 is 25.7 Å². The van der Waals surface area contributed by atoms with Crippen molar-refractivity contribution in [2.45, 2.75) is 55.5 Å². The first-order valence-electron chi connectivity index (χ1n) is 16.2. The number of hydrogen-bond donors (Lipinski definition) is 4. The number of aliphatic hydroxyl groups excluding tert-OH is 2. The average molecular weight is 623 g/mol. The van der Waals surface area contributed by atoms with Crippen LogP contribution >= 0.6 is 0 Å². The summed E-state index contributed by atoms with van der Waals surface area (Å²) in [5, 5.41) is 28.7. The predicted molar refractivity (Wildman–Crippen MR) is 174 cm³/mol. The minimum absolute atomic E-state index is 0.0107. The Balaban J connectivity index is 1.34. The molecular weight excluding hydrogens is 580 g/mol. The van der Waals surface area contributed by atoms with Crippen LogP contribution in [0.4, 0.5) is 0 Å². The average Bonchev–Trinajstić information content (AvgIpc) is 3.67. The normalized spacial score (nSPS) is 25.3. The number of piperidine rings is 1. The van der Waals surface area contributed by atoms with E-state index in [0.717, 1.165) is 42.6 Å². The molecule has 9 nitrogen and oxygen atoms in total. The van der Waals surface area contributed by atoms with E-state index in [2.05, 4.69) is 10.6 Å². The molecule has 3 aromatic rings. The van der Waals surface area contributed by atoms with Gasteiger partial charge in [0.05, 0.1) is 12.0 Å². The number of amides is 2. The van der Waals surface area contributed by atoms with Crippen LogP contribution in [-0.2, 0) is 19.8 Å². The molecule has 0 aromatic heterocycles. The van der Waals surface area contributed by atoms with E-state index >= 15 is 0 Å². The van der Waals surface area contributed by atoms with Crippen LogP contribution in [0, 0.1) is 5.92 Å². The number of rotatable bonds is 9. The quantitative estimate of drug-likeness (QED) is 0.213. The SMILES string of the molecule is O=C=C1CCN([C@@H]2[C@@H](O)[C@@H](O)CN2C(=O)CC(c2ccccc2)(c2ccccc2)c2ccccc2)[C@H]1C(=O)NC[C@H]1CCCNC1. The van der Waals surface area contributed by atoms with Gasteiger partial charge in [0.1, 0.15) is 30.4 Å². The molecule has 3 aliphatic rings. The topological polar surface area (TPSA) is 122 Å². The summed E-state index contributed by atoms with van der Waals surface area (Å²) in [6.45, 7) is 2.41. The van der Waals surface area contributed by atoms with Crippen molar-refractivity contribution in [2.75, 3.05) is 32.7 Å². The summed E-state index contributed by atoms with van der Waals surface area (Å²) in [4.78, 5) is 43.6. The summed E-state index contributed by atoms with van der Waals surface area (Å²) in [7, 11) is 0. The van der Waals surface area contributed by atoms with E-state index in [4.69, 9.17) is 0 Å². The minimum Gasteiger partial charge on any atom is -0.388 e. The zero-order chi connectivity index (χ0) is 32.1. The first-order valence-corrected chi connectivity index (χ1v) is 16.2. The molecule has 3 aromatic carbocycles. The van der Waals surface area contributed by atoms with Gasteiger partial charge in [-0.1, -0.05) is 91.0 Å². The van der Waals surface area contributed by atoms with Gasteiger partial charge in [0, 0.05) is 25.1 Å². The zero-order valence-electron chi connectivity index (χ0n) is 25.9. The van der Waals surface area contributed by atoms with E-state index in [9.17, 15) is 24.6 Å². The second-order valence-electron chi connectivity index (χ2n) is 12.7. The Labute approximate surface area is 269 Å². The molecule has 0 unspecified atom stereocenters. The lowest BCUT2D eigenvalue weighted by Gasteiger charge is -2.40. The monoisotopic (exact) mass is 622 g/mol. The summed E-state index contributed by atoms with van der Waals surface area (Å²) in [5.74, 6) is 1.61. The van der Waals surface area contributed by atoms with E-state index in [1.165, 1.54) is 4.90 Å². The lowest BCUT2D eigenvalue weighted by Crippen LogP contribution is -2.58. The van der Waals surface area contributed by atoms with Crippen molar-refractivity contribution in [1.82, 2.24) is 20.4 Å². The van der Waals surface area contributed by atoms with Crippen molar-refractivity contribution >= 4 is 17.8 Å². The van der Waals surface area contributed by atoms with Crippen LogP contribution in [0.15, 0.2) is 96.6 Å². The van der Waals surface area contributed by atoms with Crippen LogP contribution in [0.25, 0.3) is 0 Å². The lowest BCUT2D eigenvalue weighted by atomic mass is 9.67. The Hall–Kier alpha value is -4.11. The number of aliphatic hydroxyl groups is 2. The van der Waals surface area contributed by atoms with E-state index in [1.807, 2.05) is 96.9 Å². The maximum absolute atomic E-state index is 14.7. The summed E-state index contributed by atoms with van der Waals surface area (Å²) >= 11 is 0. The Morgan fingerprint density at radius 2 is 1.50 bits per heavy atom. The molecule has 0 bridgehead atoms. The van der Waals surface area contributed by atoms with Crippen molar-refractivity contribution in [3.63, 3.8) is 0 Å². The first-order chi connectivity index (χ1) is 22.4. The molecule has 3 fully saturated rings. The molecule has 240 valence electrons. The molecule has 3 heterocycles. The largest absolute Gasteiger partial charge is 0.388 e. The molecule has 3 saturated heterocycles. The van der Waals surface area contributed by atoms with Crippen LogP contribution in [0.1, 0.15) is 42.4 Å². The highest BCUT2D eigenvalue weighted by atomic mass is 16.3. The van der Waals surface area contributed by atoms with E-state index in [-0.39, 0.29) is 49.2 Å². The highest BCUT2D eigenvalue weighted by molar-refractivity contribution is 5.88. The Bertz CT molecular complexity index is 1440. The van der Waals surface area contributed by atoms with Gasteiger partial charge in [-0.25, -0.2) is 4.79 Å². The molecule has 4 N–H and O–H groups in total. The Morgan fingerprint density at radius 1 is 0.913 bits per heavy atom. The third-order valence-electron chi connectivity index (χ3n) is 9.92. The van der Waals surface area contributed by atoms with Crippen molar-refractivity contribution < 1.29 is 24.6 Å². The number of nitrogens with one attached hydrogen (secondary N) is 2. The number of carbonyl (C=O) groups excluding carboxylic acids is 3. The van der Waals surface area contributed by atoms with Gasteiger partial charge in [0.2, 0.25) is 11.8 Å². The molecule has 46 heavy (non-hydrogen) atoms. The van der Waals surface area contributed by atoms with Crippen LogP contribution < -0.4 is 10.6 Å². The summed E-state index contributed by atoms with van der Waals surface area (Å²) < 4.78 is 0. The fourth-order valence-electron chi connectivity index (χ4n) is 7.58. The minimum atomic E-state index is -1.33. The third kappa shape index (κ3) is 6.17. The number of β-amino-alcohol motifs (C(OH)–C–C–N with tert-alkyl or cyclic N) is 1. The molecule has 0 saturated carbocycles. The summed E-state index contributed by atoms with van der Waals surface area (Å²) in [5.41, 5.74) is 2.19. The highest BCUT2D eigenvalue weighted by Crippen LogP contribution is 2.43. The molecule has 2 amide bonds.